The van der Waals surface area contributed by atoms with Gasteiger partial charge in [-0.2, -0.15) is 0 Å². The summed E-state index contributed by atoms with van der Waals surface area (Å²) in [6.45, 7) is 4.57. The molecule has 0 N–H and O–H groups in total. The second-order valence-electron chi connectivity index (χ2n) is 4.33. The number of halogens is 1. The van der Waals surface area contributed by atoms with Crippen molar-refractivity contribution in [1.29, 1.82) is 0 Å². The molecular formula is C13H25ClO2. The van der Waals surface area contributed by atoms with Gasteiger partial charge in [-0.25, -0.2) is 0 Å². The van der Waals surface area contributed by atoms with Crippen LogP contribution in [0.2, 0.25) is 0 Å². The average Bonchev–Trinajstić information content (AvgIpc) is 2.21. The van der Waals surface area contributed by atoms with Gasteiger partial charge >= 0.3 is 5.97 Å². The molecule has 0 aliphatic rings. The SMILES string of the molecule is CCCCCCCCCOC(=O)CC(C)Cl. The Hall–Kier alpha value is -0.240. The van der Waals surface area contributed by atoms with Crippen molar-refractivity contribution in [3.05, 3.63) is 0 Å². The molecule has 16 heavy (non-hydrogen) atoms. The zero-order chi connectivity index (χ0) is 12.2. The zero-order valence-electron chi connectivity index (χ0n) is 10.6. The maximum absolute atomic E-state index is 11.1. The average molecular weight is 249 g/mol. The minimum absolute atomic E-state index is 0.124. The van der Waals surface area contributed by atoms with E-state index in [9.17, 15) is 4.79 Å². The Kier molecular flexibility index (Phi) is 11.1. The van der Waals surface area contributed by atoms with Crippen LogP contribution < -0.4 is 0 Å². The summed E-state index contributed by atoms with van der Waals surface area (Å²) >= 11 is 5.68. The minimum Gasteiger partial charge on any atom is -0.466 e. The number of esters is 1. The Morgan fingerprint density at radius 2 is 1.69 bits per heavy atom. The molecule has 1 unspecified atom stereocenters. The molecule has 0 amide bonds. The van der Waals surface area contributed by atoms with E-state index in [1.54, 1.807) is 6.92 Å². The van der Waals surface area contributed by atoms with Gasteiger partial charge in [-0.15, -0.1) is 11.6 Å². The van der Waals surface area contributed by atoms with Crippen LogP contribution in [-0.2, 0) is 9.53 Å². The molecule has 0 aliphatic carbocycles. The van der Waals surface area contributed by atoms with Crippen LogP contribution in [0.25, 0.3) is 0 Å². The molecule has 1 atom stereocenters. The van der Waals surface area contributed by atoms with Gasteiger partial charge in [0.25, 0.3) is 0 Å². The van der Waals surface area contributed by atoms with Crippen molar-refractivity contribution in [3.8, 4) is 0 Å². The van der Waals surface area contributed by atoms with Crippen LogP contribution >= 0.6 is 11.6 Å². The van der Waals surface area contributed by atoms with Gasteiger partial charge in [0.15, 0.2) is 0 Å². The largest absolute Gasteiger partial charge is 0.466 e. The van der Waals surface area contributed by atoms with Crippen molar-refractivity contribution in [1.82, 2.24) is 0 Å². The molecule has 0 aromatic rings. The maximum Gasteiger partial charge on any atom is 0.307 e. The highest BCUT2D eigenvalue weighted by Crippen LogP contribution is 2.07. The Bertz CT molecular complexity index is 169. The molecule has 0 aromatic heterocycles. The molecular weight excluding hydrogens is 224 g/mol. The molecule has 3 heteroatoms. The van der Waals surface area contributed by atoms with Gasteiger partial charge in [-0.3, -0.25) is 4.79 Å². The first-order valence-electron chi connectivity index (χ1n) is 6.46. The summed E-state index contributed by atoms with van der Waals surface area (Å²) in [5, 5.41) is -0.124. The molecule has 0 fully saturated rings. The van der Waals surface area contributed by atoms with Crippen LogP contribution in [0.3, 0.4) is 0 Å². The molecule has 0 rings (SSSR count). The summed E-state index contributed by atoms with van der Waals surface area (Å²) in [5.41, 5.74) is 0. The molecule has 96 valence electrons. The molecule has 0 aliphatic heterocycles. The lowest BCUT2D eigenvalue weighted by molar-refractivity contribution is -0.143. The minimum atomic E-state index is -0.173. The van der Waals surface area contributed by atoms with E-state index in [-0.39, 0.29) is 11.3 Å². The lowest BCUT2D eigenvalue weighted by Gasteiger charge is -2.05. The van der Waals surface area contributed by atoms with Gasteiger partial charge < -0.3 is 4.74 Å². The summed E-state index contributed by atoms with van der Waals surface area (Å²) in [6, 6.07) is 0. The molecule has 0 spiro atoms. The number of hydrogen-bond donors (Lipinski definition) is 0. The number of hydrogen-bond acceptors (Lipinski definition) is 2. The first-order valence-corrected chi connectivity index (χ1v) is 6.90. The van der Waals surface area contributed by atoms with E-state index >= 15 is 0 Å². The quantitative estimate of drug-likeness (QED) is 0.327. The first kappa shape index (κ1) is 15.8. The molecule has 0 radical (unpaired) electrons. The van der Waals surface area contributed by atoms with Crippen LogP contribution in [-0.4, -0.2) is 18.0 Å². The third kappa shape index (κ3) is 11.8. The number of unbranched alkanes of at least 4 members (excludes halogenated alkanes) is 6. The summed E-state index contributed by atoms with van der Waals surface area (Å²) < 4.78 is 5.06. The van der Waals surface area contributed by atoms with E-state index in [2.05, 4.69) is 6.92 Å². The molecule has 0 bridgehead atoms. The number of carbonyl (C=O) groups excluding carboxylic acids is 1. The van der Waals surface area contributed by atoms with Crippen molar-refractivity contribution in [3.63, 3.8) is 0 Å². The van der Waals surface area contributed by atoms with Gasteiger partial charge in [-0.05, 0) is 13.3 Å². The number of carbonyl (C=O) groups is 1. The van der Waals surface area contributed by atoms with E-state index < -0.39 is 0 Å². The third-order valence-corrected chi connectivity index (χ3v) is 2.61. The Morgan fingerprint density at radius 3 is 2.25 bits per heavy atom. The predicted octanol–water partition coefficient (Wildman–Crippen LogP) is 4.30. The van der Waals surface area contributed by atoms with Crippen molar-refractivity contribution in [2.24, 2.45) is 0 Å². The summed E-state index contributed by atoms with van der Waals surface area (Å²) in [5.74, 6) is -0.173. The van der Waals surface area contributed by atoms with Crippen LogP contribution in [0.4, 0.5) is 0 Å². The van der Waals surface area contributed by atoms with Gasteiger partial charge in [0.2, 0.25) is 0 Å². The Labute approximate surface area is 105 Å². The van der Waals surface area contributed by atoms with Crippen molar-refractivity contribution in [2.45, 2.75) is 70.6 Å². The van der Waals surface area contributed by atoms with Gasteiger partial charge in [-0.1, -0.05) is 45.4 Å². The van der Waals surface area contributed by atoms with Crippen molar-refractivity contribution < 1.29 is 9.53 Å². The van der Waals surface area contributed by atoms with Crippen LogP contribution in [0, 0.1) is 0 Å². The molecule has 0 aromatic carbocycles. The second-order valence-corrected chi connectivity index (χ2v) is 5.07. The summed E-state index contributed by atoms with van der Waals surface area (Å²) in [4.78, 5) is 11.1. The molecule has 2 nitrogen and oxygen atoms in total. The third-order valence-electron chi connectivity index (χ3n) is 2.46. The normalized spacial score (nSPS) is 12.4. The van der Waals surface area contributed by atoms with Crippen LogP contribution in [0.1, 0.15) is 65.2 Å². The fourth-order valence-electron chi connectivity index (χ4n) is 1.53. The number of alkyl halides is 1. The Morgan fingerprint density at radius 1 is 1.12 bits per heavy atom. The zero-order valence-corrected chi connectivity index (χ0v) is 11.4. The monoisotopic (exact) mass is 248 g/mol. The van der Waals surface area contributed by atoms with Gasteiger partial charge in [0.05, 0.1) is 13.0 Å². The fourth-order valence-corrected chi connectivity index (χ4v) is 1.66. The first-order chi connectivity index (χ1) is 7.66. The topological polar surface area (TPSA) is 26.3 Å². The van der Waals surface area contributed by atoms with Crippen LogP contribution in [0.5, 0.6) is 0 Å². The van der Waals surface area contributed by atoms with Crippen molar-refractivity contribution >= 4 is 17.6 Å². The van der Waals surface area contributed by atoms with Gasteiger partial charge in [0, 0.05) is 5.38 Å². The van der Waals surface area contributed by atoms with E-state index in [0.717, 1.165) is 12.8 Å². The smallest absolute Gasteiger partial charge is 0.307 e. The summed E-state index contributed by atoms with van der Waals surface area (Å²) in [7, 11) is 0. The number of rotatable bonds is 10. The Balaban J connectivity index is 3.11. The number of ether oxygens (including phenoxy) is 1. The van der Waals surface area contributed by atoms with Crippen LogP contribution in [0.15, 0.2) is 0 Å². The van der Waals surface area contributed by atoms with E-state index in [1.165, 1.54) is 32.1 Å². The van der Waals surface area contributed by atoms with Gasteiger partial charge in [0.1, 0.15) is 0 Å². The fraction of sp³-hybridized carbons (Fsp3) is 0.923. The lowest BCUT2D eigenvalue weighted by Crippen LogP contribution is -2.10. The highest BCUT2D eigenvalue weighted by Gasteiger charge is 2.06. The molecule has 0 heterocycles. The molecule has 0 saturated carbocycles. The van der Waals surface area contributed by atoms with E-state index in [0.29, 0.717) is 13.0 Å². The highest BCUT2D eigenvalue weighted by molar-refractivity contribution is 6.21. The van der Waals surface area contributed by atoms with E-state index in [4.69, 9.17) is 16.3 Å². The standard InChI is InChI=1S/C13H25ClO2/c1-3-4-5-6-7-8-9-10-16-13(15)11-12(2)14/h12H,3-11H2,1-2H3. The lowest BCUT2D eigenvalue weighted by atomic mass is 10.1. The van der Waals surface area contributed by atoms with Crippen molar-refractivity contribution in [2.75, 3.05) is 6.61 Å². The van der Waals surface area contributed by atoms with E-state index in [1.807, 2.05) is 0 Å². The predicted molar refractivity (Wildman–Crippen MR) is 68.9 cm³/mol. The summed E-state index contributed by atoms with van der Waals surface area (Å²) in [6.07, 6.45) is 8.97. The molecule has 0 saturated heterocycles. The second kappa shape index (κ2) is 11.3. The highest BCUT2D eigenvalue weighted by atomic mass is 35.5. The maximum atomic E-state index is 11.1.